The molecular weight excluding hydrogens is 262 g/mol. The van der Waals surface area contributed by atoms with Crippen molar-refractivity contribution in [1.29, 1.82) is 0 Å². The Balaban J connectivity index is 2.09. The lowest BCUT2D eigenvalue weighted by molar-refractivity contribution is -0.117. The lowest BCUT2D eigenvalue weighted by atomic mass is 9.98. The number of benzene rings is 2. The SMILES string of the molecule is CN(C)c1ccc(NC(=O)C(CN)c2ccccc2)cc1. The molecule has 110 valence electrons. The molecule has 2 aromatic rings. The molecule has 4 heteroatoms. The maximum absolute atomic E-state index is 12.4. The fraction of sp³-hybridized carbons (Fsp3) is 0.235. The second-order valence-electron chi connectivity index (χ2n) is 5.13. The van der Waals surface area contributed by atoms with Gasteiger partial charge in [-0.25, -0.2) is 0 Å². The van der Waals surface area contributed by atoms with Crippen molar-refractivity contribution in [1.82, 2.24) is 0 Å². The summed E-state index contributed by atoms with van der Waals surface area (Å²) >= 11 is 0. The Labute approximate surface area is 125 Å². The summed E-state index contributed by atoms with van der Waals surface area (Å²) in [6.07, 6.45) is 0. The highest BCUT2D eigenvalue weighted by Crippen LogP contribution is 2.19. The second-order valence-corrected chi connectivity index (χ2v) is 5.13. The molecule has 0 aliphatic heterocycles. The van der Waals surface area contributed by atoms with Gasteiger partial charge in [-0.05, 0) is 29.8 Å². The lowest BCUT2D eigenvalue weighted by Gasteiger charge is -2.16. The first-order valence-electron chi connectivity index (χ1n) is 6.95. The van der Waals surface area contributed by atoms with E-state index in [1.807, 2.05) is 73.6 Å². The van der Waals surface area contributed by atoms with E-state index in [0.717, 1.165) is 16.9 Å². The fourth-order valence-corrected chi connectivity index (χ4v) is 2.15. The van der Waals surface area contributed by atoms with Crippen molar-refractivity contribution >= 4 is 17.3 Å². The van der Waals surface area contributed by atoms with Crippen LogP contribution in [0.2, 0.25) is 0 Å². The normalized spacial score (nSPS) is 11.8. The average molecular weight is 283 g/mol. The third-order valence-electron chi connectivity index (χ3n) is 3.41. The minimum absolute atomic E-state index is 0.0821. The van der Waals surface area contributed by atoms with Crippen LogP contribution in [0.5, 0.6) is 0 Å². The Bertz CT molecular complexity index is 579. The van der Waals surface area contributed by atoms with Crippen LogP contribution in [0.1, 0.15) is 11.5 Å². The Morgan fingerprint density at radius 1 is 1.10 bits per heavy atom. The van der Waals surface area contributed by atoms with E-state index in [-0.39, 0.29) is 18.4 Å². The Morgan fingerprint density at radius 3 is 2.24 bits per heavy atom. The number of carbonyl (C=O) groups is 1. The van der Waals surface area contributed by atoms with Gasteiger partial charge < -0.3 is 16.0 Å². The number of rotatable bonds is 5. The molecule has 0 radical (unpaired) electrons. The molecule has 21 heavy (non-hydrogen) atoms. The van der Waals surface area contributed by atoms with Gasteiger partial charge in [-0.3, -0.25) is 4.79 Å². The second kappa shape index (κ2) is 6.90. The van der Waals surface area contributed by atoms with Crippen LogP contribution in [-0.2, 0) is 4.79 Å². The van der Waals surface area contributed by atoms with Gasteiger partial charge in [0.05, 0.1) is 5.92 Å². The standard InChI is InChI=1S/C17H21N3O/c1-20(2)15-10-8-14(9-11-15)19-17(21)16(12-18)13-6-4-3-5-7-13/h3-11,16H,12,18H2,1-2H3,(H,19,21). The average Bonchev–Trinajstić information content (AvgIpc) is 2.49. The van der Waals surface area contributed by atoms with Gasteiger partial charge >= 0.3 is 0 Å². The molecule has 1 atom stereocenters. The summed E-state index contributed by atoms with van der Waals surface area (Å²) < 4.78 is 0. The summed E-state index contributed by atoms with van der Waals surface area (Å²) in [5.41, 5.74) is 8.56. The van der Waals surface area contributed by atoms with Crippen molar-refractivity contribution in [3.05, 3.63) is 60.2 Å². The van der Waals surface area contributed by atoms with Gasteiger partial charge in [0.25, 0.3) is 0 Å². The van der Waals surface area contributed by atoms with Crippen LogP contribution in [0.15, 0.2) is 54.6 Å². The van der Waals surface area contributed by atoms with Gasteiger partial charge in [0.1, 0.15) is 0 Å². The maximum atomic E-state index is 12.4. The van der Waals surface area contributed by atoms with Gasteiger partial charge in [-0.1, -0.05) is 30.3 Å². The van der Waals surface area contributed by atoms with E-state index in [1.54, 1.807) is 0 Å². The van der Waals surface area contributed by atoms with E-state index in [1.165, 1.54) is 0 Å². The van der Waals surface area contributed by atoms with E-state index < -0.39 is 0 Å². The van der Waals surface area contributed by atoms with Crippen molar-refractivity contribution in [2.75, 3.05) is 30.9 Å². The molecule has 0 aliphatic rings. The molecule has 0 heterocycles. The van der Waals surface area contributed by atoms with Crippen molar-refractivity contribution in [2.45, 2.75) is 5.92 Å². The van der Waals surface area contributed by atoms with Crippen LogP contribution in [0.25, 0.3) is 0 Å². The van der Waals surface area contributed by atoms with Crippen LogP contribution in [0.4, 0.5) is 11.4 Å². The van der Waals surface area contributed by atoms with E-state index in [0.29, 0.717) is 0 Å². The third kappa shape index (κ3) is 3.83. The molecule has 0 saturated carbocycles. The van der Waals surface area contributed by atoms with Crippen LogP contribution in [0, 0.1) is 0 Å². The van der Waals surface area contributed by atoms with E-state index in [9.17, 15) is 4.79 Å². The van der Waals surface area contributed by atoms with Crippen molar-refractivity contribution < 1.29 is 4.79 Å². The van der Waals surface area contributed by atoms with Crippen LogP contribution < -0.4 is 16.0 Å². The summed E-state index contributed by atoms with van der Waals surface area (Å²) in [5.74, 6) is -0.416. The number of hydrogen-bond acceptors (Lipinski definition) is 3. The molecule has 0 saturated heterocycles. The van der Waals surface area contributed by atoms with Gasteiger partial charge in [-0.15, -0.1) is 0 Å². The topological polar surface area (TPSA) is 58.4 Å². The van der Waals surface area contributed by atoms with E-state index >= 15 is 0 Å². The predicted octanol–water partition coefficient (Wildman–Crippen LogP) is 2.43. The summed E-state index contributed by atoms with van der Waals surface area (Å²) in [7, 11) is 3.96. The summed E-state index contributed by atoms with van der Waals surface area (Å²) in [6, 6.07) is 17.3. The zero-order valence-electron chi connectivity index (χ0n) is 12.4. The first-order valence-corrected chi connectivity index (χ1v) is 6.95. The summed E-state index contributed by atoms with van der Waals surface area (Å²) in [4.78, 5) is 14.4. The van der Waals surface area contributed by atoms with Crippen LogP contribution in [-0.4, -0.2) is 26.5 Å². The molecule has 3 N–H and O–H groups in total. The molecule has 1 amide bonds. The lowest BCUT2D eigenvalue weighted by Crippen LogP contribution is -2.27. The first-order chi connectivity index (χ1) is 10.1. The molecule has 0 bridgehead atoms. The quantitative estimate of drug-likeness (QED) is 0.886. The number of anilines is 2. The molecule has 0 spiro atoms. The highest BCUT2D eigenvalue weighted by molar-refractivity contribution is 5.96. The zero-order valence-corrected chi connectivity index (χ0v) is 12.4. The van der Waals surface area contributed by atoms with E-state index in [4.69, 9.17) is 5.73 Å². The monoisotopic (exact) mass is 283 g/mol. The zero-order chi connectivity index (χ0) is 15.2. The molecular formula is C17H21N3O. The van der Waals surface area contributed by atoms with Gasteiger partial charge in [-0.2, -0.15) is 0 Å². The minimum Gasteiger partial charge on any atom is -0.378 e. The maximum Gasteiger partial charge on any atom is 0.233 e. The molecule has 2 rings (SSSR count). The highest BCUT2D eigenvalue weighted by Gasteiger charge is 2.18. The molecule has 2 aromatic carbocycles. The van der Waals surface area contributed by atoms with Crippen molar-refractivity contribution in [3.8, 4) is 0 Å². The molecule has 0 fully saturated rings. The Kier molecular flexibility index (Phi) is 4.95. The molecule has 4 nitrogen and oxygen atoms in total. The Morgan fingerprint density at radius 2 is 1.71 bits per heavy atom. The number of nitrogens with one attached hydrogen (secondary N) is 1. The number of nitrogens with zero attached hydrogens (tertiary/aromatic N) is 1. The number of carbonyl (C=O) groups excluding carboxylic acids is 1. The van der Waals surface area contributed by atoms with Gasteiger partial charge in [0, 0.05) is 32.0 Å². The van der Waals surface area contributed by atoms with E-state index in [2.05, 4.69) is 5.32 Å². The summed E-state index contributed by atoms with van der Waals surface area (Å²) in [5, 5.41) is 2.92. The molecule has 0 aromatic heterocycles. The number of hydrogen-bond donors (Lipinski definition) is 2. The van der Waals surface area contributed by atoms with Crippen LogP contribution in [0.3, 0.4) is 0 Å². The van der Waals surface area contributed by atoms with Crippen molar-refractivity contribution in [3.63, 3.8) is 0 Å². The largest absolute Gasteiger partial charge is 0.378 e. The molecule has 1 unspecified atom stereocenters. The van der Waals surface area contributed by atoms with Crippen molar-refractivity contribution in [2.24, 2.45) is 5.73 Å². The highest BCUT2D eigenvalue weighted by atomic mass is 16.1. The number of nitrogens with two attached hydrogens (primary N) is 1. The van der Waals surface area contributed by atoms with Crippen LogP contribution >= 0.6 is 0 Å². The first kappa shape index (κ1) is 15.1. The van der Waals surface area contributed by atoms with Gasteiger partial charge in [0.2, 0.25) is 5.91 Å². The predicted molar refractivity (Wildman–Crippen MR) is 87.6 cm³/mol. The molecule has 0 aliphatic carbocycles. The fourth-order valence-electron chi connectivity index (χ4n) is 2.15. The summed E-state index contributed by atoms with van der Waals surface area (Å²) in [6.45, 7) is 0.283. The Hall–Kier alpha value is -2.33. The van der Waals surface area contributed by atoms with Gasteiger partial charge in [0.15, 0.2) is 0 Å². The smallest absolute Gasteiger partial charge is 0.233 e. The number of amides is 1. The minimum atomic E-state index is -0.334. The third-order valence-corrected chi connectivity index (χ3v) is 3.41.